The third-order valence-corrected chi connectivity index (χ3v) is 3.08. The molecule has 0 saturated heterocycles. The number of halogens is 1. The second-order valence-corrected chi connectivity index (χ2v) is 4.39. The van der Waals surface area contributed by atoms with Gasteiger partial charge in [-0.25, -0.2) is 9.97 Å². The summed E-state index contributed by atoms with van der Waals surface area (Å²) in [6.07, 6.45) is 2.31. The van der Waals surface area contributed by atoms with Crippen molar-refractivity contribution in [2.75, 3.05) is 17.6 Å². The predicted molar refractivity (Wildman–Crippen MR) is 74.8 cm³/mol. The molecule has 4 nitrogen and oxygen atoms in total. The van der Waals surface area contributed by atoms with Crippen molar-refractivity contribution in [3.63, 3.8) is 0 Å². The van der Waals surface area contributed by atoms with Crippen LogP contribution in [0.1, 0.15) is 11.1 Å². The van der Waals surface area contributed by atoms with Gasteiger partial charge in [0.1, 0.15) is 12.0 Å². The molecule has 0 aliphatic rings. The summed E-state index contributed by atoms with van der Waals surface area (Å²) in [5.74, 6) is 0.587. The van der Waals surface area contributed by atoms with E-state index < -0.39 is 0 Å². The number of anilines is 2. The highest BCUT2D eigenvalue weighted by Gasteiger charge is 2.05. The van der Waals surface area contributed by atoms with Gasteiger partial charge in [0, 0.05) is 6.54 Å². The summed E-state index contributed by atoms with van der Waals surface area (Å²) in [5, 5.41) is 3.45. The number of nitrogens with zero attached hydrogens (tertiary/aromatic N) is 2. The molecule has 0 unspecified atom stereocenters. The number of hydrogen-bond acceptors (Lipinski definition) is 4. The summed E-state index contributed by atoms with van der Waals surface area (Å²) in [6, 6.07) is 8.30. The fourth-order valence-electron chi connectivity index (χ4n) is 1.72. The number of nitrogens with one attached hydrogen (secondary N) is 1. The molecule has 5 heteroatoms. The Kier molecular flexibility index (Phi) is 3.99. The first kappa shape index (κ1) is 12.6. The Hall–Kier alpha value is -1.81. The van der Waals surface area contributed by atoms with Crippen LogP contribution in [-0.2, 0) is 6.42 Å². The Labute approximate surface area is 111 Å². The van der Waals surface area contributed by atoms with Crippen molar-refractivity contribution < 1.29 is 0 Å². The second-order valence-electron chi connectivity index (χ2n) is 4.03. The van der Waals surface area contributed by atoms with Gasteiger partial charge in [0.25, 0.3) is 0 Å². The van der Waals surface area contributed by atoms with Crippen LogP contribution in [0.5, 0.6) is 0 Å². The molecule has 94 valence electrons. The minimum absolute atomic E-state index is 0.281. The molecule has 0 fully saturated rings. The molecule has 0 amide bonds. The van der Waals surface area contributed by atoms with Gasteiger partial charge >= 0.3 is 0 Å². The minimum atomic E-state index is 0.281. The van der Waals surface area contributed by atoms with Gasteiger partial charge in [0.05, 0.1) is 0 Å². The van der Waals surface area contributed by atoms with E-state index in [1.807, 2.05) is 12.1 Å². The number of rotatable bonds is 4. The van der Waals surface area contributed by atoms with E-state index in [0.717, 1.165) is 13.0 Å². The van der Waals surface area contributed by atoms with Gasteiger partial charge in [-0.15, -0.1) is 0 Å². The van der Waals surface area contributed by atoms with E-state index in [1.54, 1.807) is 0 Å². The zero-order chi connectivity index (χ0) is 13.0. The Bertz CT molecular complexity index is 542. The summed E-state index contributed by atoms with van der Waals surface area (Å²) in [6.45, 7) is 2.85. The second kappa shape index (κ2) is 5.69. The molecule has 0 spiro atoms. The molecule has 2 rings (SSSR count). The minimum Gasteiger partial charge on any atom is -0.393 e. The highest BCUT2D eigenvalue weighted by atomic mass is 35.5. The average Bonchev–Trinajstić information content (AvgIpc) is 2.37. The molecule has 0 bridgehead atoms. The highest BCUT2D eigenvalue weighted by molar-refractivity contribution is 6.32. The summed E-state index contributed by atoms with van der Waals surface area (Å²) < 4.78 is 0. The Balaban J connectivity index is 1.97. The number of nitrogen functional groups attached to an aromatic ring is 1. The van der Waals surface area contributed by atoms with Crippen molar-refractivity contribution in [2.45, 2.75) is 13.3 Å². The first-order valence-corrected chi connectivity index (χ1v) is 6.10. The largest absolute Gasteiger partial charge is 0.393 e. The summed E-state index contributed by atoms with van der Waals surface area (Å²) in [4.78, 5) is 7.87. The van der Waals surface area contributed by atoms with Crippen LogP contribution >= 0.6 is 11.6 Å². The fraction of sp³-hybridized carbons (Fsp3) is 0.231. The molecule has 1 aromatic carbocycles. The van der Waals surface area contributed by atoms with Gasteiger partial charge in [-0.2, -0.15) is 0 Å². The van der Waals surface area contributed by atoms with E-state index >= 15 is 0 Å². The molecule has 1 heterocycles. The molecule has 3 N–H and O–H groups in total. The van der Waals surface area contributed by atoms with Crippen LogP contribution < -0.4 is 11.1 Å². The normalized spacial score (nSPS) is 10.3. The van der Waals surface area contributed by atoms with Gasteiger partial charge in [-0.3, -0.25) is 0 Å². The van der Waals surface area contributed by atoms with Crippen molar-refractivity contribution in [2.24, 2.45) is 0 Å². The standard InChI is InChI=1S/C13H15ClN4/c1-9-4-2-3-5-10(9)6-7-16-13-11(15)12(14)17-8-18-13/h2-5,8H,6-7,15H2,1H3,(H,16,17,18). The number of benzene rings is 1. The molecule has 0 saturated carbocycles. The summed E-state index contributed by atoms with van der Waals surface area (Å²) in [5.41, 5.74) is 8.76. The first-order chi connectivity index (χ1) is 8.68. The van der Waals surface area contributed by atoms with Crippen molar-refractivity contribution in [3.8, 4) is 0 Å². The van der Waals surface area contributed by atoms with Crippen LogP contribution in [0.3, 0.4) is 0 Å². The molecule has 18 heavy (non-hydrogen) atoms. The van der Waals surface area contributed by atoms with Crippen LogP contribution in [0.2, 0.25) is 5.15 Å². The number of nitrogens with two attached hydrogens (primary N) is 1. The Morgan fingerprint density at radius 3 is 2.83 bits per heavy atom. The van der Waals surface area contributed by atoms with Crippen LogP contribution in [0.15, 0.2) is 30.6 Å². The zero-order valence-corrected chi connectivity index (χ0v) is 10.9. The Morgan fingerprint density at radius 1 is 1.28 bits per heavy atom. The maximum atomic E-state index is 5.82. The van der Waals surface area contributed by atoms with Gasteiger partial charge in [-0.1, -0.05) is 35.9 Å². The molecule has 0 aliphatic heterocycles. The van der Waals surface area contributed by atoms with Crippen LogP contribution in [0.4, 0.5) is 11.5 Å². The van der Waals surface area contributed by atoms with Crippen molar-refractivity contribution >= 4 is 23.1 Å². The lowest BCUT2D eigenvalue weighted by Crippen LogP contribution is -2.09. The highest BCUT2D eigenvalue weighted by Crippen LogP contribution is 2.21. The fourth-order valence-corrected chi connectivity index (χ4v) is 1.85. The maximum absolute atomic E-state index is 5.82. The molecule has 2 aromatic rings. The van der Waals surface area contributed by atoms with Crippen LogP contribution in [-0.4, -0.2) is 16.5 Å². The topological polar surface area (TPSA) is 63.8 Å². The SMILES string of the molecule is Cc1ccccc1CCNc1ncnc(Cl)c1N. The van der Waals surface area contributed by atoms with Crippen LogP contribution in [0, 0.1) is 6.92 Å². The van der Waals surface area contributed by atoms with Gasteiger partial charge in [0.2, 0.25) is 0 Å². The predicted octanol–water partition coefficient (Wildman–Crippen LogP) is 2.68. The van der Waals surface area contributed by atoms with Gasteiger partial charge < -0.3 is 11.1 Å². The number of hydrogen-bond donors (Lipinski definition) is 2. The molecule has 1 aromatic heterocycles. The maximum Gasteiger partial charge on any atom is 0.157 e. The molecule has 0 atom stereocenters. The van der Waals surface area contributed by atoms with Crippen molar-refractivity contribution in [1.29, 1.82) is 0 Å². The lowest BCUT2D eigenvalue weighted by Gasteiger charge is -2.09. The summed E-state index contributed by atoms with van der Waals surface area (Å²) >= 11 is 5.82. The Morgan fingerprint density at radius 2 is 2.06 bits per heavy atom. The first-order valence-electron chi connectivity index (χ1n) is 5.73. The number of aromatic nitrogens is 2. The summed E-state index contributed by atoms with van der Waals surface area (Å²) in [7, 11) is 0. The van der Waals surface area contributed by atoms with Crippen LogP contribution in [0.25, 0.3) is 0 Å². The number of aryl methyl sites for hydroxylation is 1. The molecular formula is C13H15ClN4. The molecular weight excluding hydrogens is 248 g/mol. The third-order valence-electron chi connectivity index (χ3n) is 2.78. The smallest absolute Gasteiger partial charge is 0.157 e. The van der Waals surface area contributed by atoms with E-state index in [4.69, 9.17) is 17.3 Å². The van der Waals surface area contributed by atoms with E-state index in [9.17, 15) is 0 Å². The monoisotopic (exact) mass is 262 g/mol. The van der Waals surface area contributed by atoms with Crippen molar-refractivity contribution in [1.82, 2.24) is 9.97 Å². The van der Waals surface area contributed by atoms with Gasteiger partial charge in [-0.05, 0) is 24.5 Å². The van der Waals surface area contributed by atoms with E-state index in [1.165, 1.54) is 17.5 Å². The van der Waals surface area contributed by atoms with E-state index in [-0.39, 0.29) is 5.15 Å². The van der Waals surface area contributed by atoms with E-state index in [2.05, 4.69) is 34.3 Å². The molecule has 0 radical (unpaired) electrons. The van der Waals surface area contributed by atoms with E-state index in [0.29, 0.717) is 11.5 Å². The lowest BCUT2D eigenvalue weighted by molar-refractivity contribution is 0.989. The quantitative estimate of drug-likeness (QED) is 0.832. The molecule has 0 aliphatic carbocycles. The average molecular weight is 263 g/mol. The zero-order valence-electron chi connectivity index (χ0n) is 10.2. The third kappa shape index (κ3) is 2.90. The van der Waals surface area contributed by atoms with Gasteiger partial charge in [0.15, 0.2) is 11.0 Å². The van der Waals surface area contributed by atoms with Crippen molar-refractivity contribution in [3.05, 3.63) is 46.9 Å². The lowest BCUT2D eigenvalue weighted by atomic mass is 10.1.